The number of halogens is 1. The normalized spacial score (nSPS) is 11.8. The molecule has 0 atom stereocenters. The van der Waals surface area contributed by atoms with Crippen molar-refractivity contribution in [1.29, 1.82) is 0 Å². The minimum Gasteiger partial charge on any atom is -0.345 e. The van der Waals surface area contributed by atoms with Crippen LogP contribution in [0.4, 0.5) is 0 Å². The summed E-state index contributed by atoms with van der Waals surface area (Å²) < 4.78 is 24.9. The average molecular weight is 292 g/mol. The van der Waals surface area contributed by atoms with Crippen molar-refractivity contribution in [3.05, 3.63) is 59.6 Å². The number of benzene rings is 2. The fourth-order valence-corrected chi connectivity index (χ4v) is 3.33. The lowest BCUT2D eigenvalue weighted by molar-refractivity contribution is 0.593. The van der Waals surface area contributed by atoms with Crippen LogP contribution in [0.15, 0.2) is 64.5 Å². The van der Waals surface area contributed by atoms with Crippen LogP contribution in [0.25, 0.3) is 10.9 Å². The van der Waals surface area contributed by atoms with Gasteiger partial charge in [0.25, 0.3) is 0 Å². The molecule has 5 heteroatoms. The lowest BCUT2D eigenvalue weighted by atomic mass is 10.3. The quantitative estimate of drug-likeness (QED) is 0.783. The predicted octanol–water partition coefficient (Wildman–Crippen LogP) is 3.65. The van der Waals surface area contributed by atoms with E-state index in [2.05, 4.69) is 4.98 Å². The van der Waals surface area contributed by atoms with Gasteiger partial charge in [0.2, 0.25) is 9.84 Å². The van der Waals surface area contributed by atoms with Crippen molar-refractivity contribution in [2.45, 2.75) is 9.92 Å². The Morgan fingerprint density at radius 1 is 0.947 bits per heavy atom. The molecule has 0 radical (unpaired) electrons. The van der Waals surface area contributed by atoms with Crippen LogP contribution in [-0.2, 0) is 9.84 Å². The van der Waals surface area contributed by atoms with E-state index in [1.54, 1.807) is 18.2 Å². The average Bonchev–Trinajstić information content (AvgIpc) is 2.83. The van der Waals surface area contributed by atoms with Crippen molar-refractivity contribution in [3.63, 3.8) is 0 Å². The Bertz CT molecular complexity index is 802. The number of hydrogen-bond acceptors (Lipinski definition) is 2. The first-order valence-electron chi connectivity index (χ1n) is 5.66. The summed E-state index contributed by atoms with van der Waals surface area (Å²) in [4.78, 5) is 3.15. The van der Waals surface area contributed by atoms with E-state index in [1.807, 2.05) is 24.3 Å². The summed E-state index contributed by atoms with van der Waals surface area (Å²) in [5, 5.41) is 1.57. The summed E-state index contributed by atoms with van der Waals surface area (Å²) in [5.74, 6) is 0. The molecule has 0 aliphatic rings. The number of aromatic nitrogens is 1. The summed E-state index contributed by atoms with van der Waals surface area (Å²) in [5.41, 5.74) is 0.801. The van der Waals surface area contributed by atoms with E-state index in [9.17, 15) is 8.42 Å². The van der Waals surface area contributed by atoms with Crippen molar-refractivity contribution in [1.82, 2.24) is 4.98 Å². The number of hydrogen-bond donors (Lipinski definition) is 1. The zero-order chi connectivity index (χ0) is 13.5. The van der Waals surface area contributed by atoms with Crippen molar-refractivity contribution in [2.75, 3.05) is 0 Å². The molecule has 1 heterocycles. The van der Waals surface area contributed by atoms with Crippen molar-refractivity contribution in [2.24, 2.45) is 0 Å². The van der Waals surface area contributed by atoms with Gasteiger partial charge in [0.05, 0.1) is 4.90 Å². The van der Waals surface area contributed by atoms with Crippen LogP contribution in [0.3, 0.4) is 0 Å². The molecule has 96 valence electrons. The first-order chi connectivity index (χ1) is 9.07. The van der Waals surface area contributed by atoms with Gasteiger partial charge in [0.15, 0.2) is 0 Å². The molecular formula is C14H10ClNO2S. The molecule has 0 saturated heterocycles. The van der Waals surface area contributed by atoms with Gasteiger partial charge in [-0.15, -0.1) is 0 Å². The number of H-pyrrole nitrogens is 1. The summed E-state index contributed by atoms with van der Waals surface area (Å²) in [6.07, 6.45) is 0. The van der Waals surface area contributed by atoms with Gasteiger partial charge in [0.1, 0.15) is 5.03 Å². The smallest absolute Gasteiger partial charge is 0.221 e. The van der Waals surface area contributed by atoms with Gasteiger partial charge < -0.3 is 4.98 Å². The number of aromatic amines is 1. The van der Waals surface area contributed by atoms with E-state index < -0.39 is 9.84 Å². The summed E-state index contributed by atoms with van der Waals surface area (Å²) >= 11 is 5.77. The fourth-order valence-electron chi connectivity index (χ4n) is 1.93. The third-order valence-electron chi connectivity index (χ3n) is 2.92. The summed E-state index contributed by atoms with van der Waals surface area (Å²) in [7, 11) is -3.53. The van der Waals surface area contributed by atoms with E-state index in [1.165, 1.54) is 12.1 Å². The molecule has 0 aliphatic heterocycles. The van der Waals surface area contributed by atoms with Gasteiger partial charge in [-0.1, -0.05) is 29.8 Å². The van der Waals surface area contributed by atoms with E-state index in [-0.39, 0.29) is 9.92 Å². The second-order valence-electron chi connectivity index (χ2n) is 4.18. The van der Waals surface area contributed by atoms with Crippen molar-refractivity contribution in [3.8, 4) is 0 Å². The largest absolute Gasteiger partial charge is 0.345 e. The Morgan fingerprint density at radius 3 is 2.32 bits per heavy atom. The molecule has 0 saturated carbocycles. The SMILES string of the molecule is O=S(=O)(c1ccc(Cl)cc1)c1cc2ccccc2[nH]1. The summed E-state index contributed by atoms with van der Waals surface area (Å²) in [6, 6.07) is 15.2. The molecule has 1 aromatic heterocycles. The Morgan fingerprint density at radius 2 is 1.63 bits per heavy atom. The number of para-hydroxylation sites is 1. The molecule has 0 aliphatic carbocycles. The molecule has 2 aromatic carbocycles. The van der Waals surface area contributed by atoms with Gasteiger partial charge in [-0.3, -0.25) is 0 Å². The lowest BCUT2D eigenvalue weighted by Crippen LogP contribution is -2.01. The van der Waals surface area contributed by atoms with Crippen LogP contribution in [0.2, 0.25) is 5.02 Å². The number of fused-ring (bicyclic) bond motifs is 1. The van der Waals surface area contributed by atoms with Crippen molar-refractivity contribution >= 4 is 32.3 Å². The maximum absolute atomic E-state index is 12.4. The first-order valence-corrected chi connectivity index (χ1v) is 7.52. The van der Waals surface area contributed by atoms with Gasteiger partial charge in [-0.2, -0.15) is 0 Å². The molecule has 0 fully saturated rings. The Hall–Kier alpha value is -1.78. The number of sulfone groups is 1. The zero-order valence-electron chi connectivity index (χ0n) is 9.80. The van der Waals surface area contributed by atoms with E-state index in [4.69, 9.17) is 11.6 Å². The molecule has 0 unspecified atom stereocenters. The van der Waals surface area contributed by atoms with E-state index in [0.29, 0.717) is 5.02 Å². The number of nitrogens with one attached hydrogen (secondary N) is 1. The van der Waals surface area contributed by atoms with Crippen LogP contribution >= 0.6 is 11.6 Å². The van der Waals surface area contributed by atoms with Crippen LogP contribution in [0, 0.1) is 0 Å². The molecule has 0 amide bonds. The second kappa shape index (κ2) is 4.40. The van der Waals surface area contributed by atoms with Gasteiger partial charge in [-0.05, 0) is 36.4 Å². The Labute approximate surface area is 115 Å². The molecule has 3 rings (SSSR count). The van der Waals surface area contributed by atoms with E-state index >= 15 is 0 Å². The van der Waals surface area contributed by atoms with Crippen molar-refractivity contribution < 1.29 is 8.42 Å². The fraction of sp³-hybridized carbons (Fsp3) is 0. The highest BCUT2D eigenvalue weighted by molar-refractivity contribution is 7.91. The minimum atomic E-state index is -3.53. The molecule has 3 aromatic rings. The highest BCUT2D eigenvalue weighted by Crippen LogP contribution is 2.25. The third-order valence-corrected chi connectivity index (χ3v) is 4.86. The highest BCUT2D eigenvalue weighted by atomic mass is 35.5. The van der Waals surface area contributed by atoms with Crippen LogP contribution in [0.1, 0.15) is 0 Å². The molecule has 0 spiro atoms. The Balaban J connectivity index is 2.16. The van der Waals surface area contributed by atoms with Crippen LogP contribution < -0.4 is 0 Å². The van der Waals surface area contributed by atoms with Gasteiger partial charge >= 0.3 is 0 Å². The third kappa shape index (κ3) is 2.13. The van der Waals surface area contributed by atoms with Gasteiger partial charge in [0, 0.05) is 15.9 Å². The standard InChI is InChI=1S/C14H10ClNO2S/c15-11-5-7-12(8-6-11)19(17,18)14-9-10-3-1-2-4-13(10)16-14/h1-9,16H. The first kappa shape index (κ1) is 12.3. The summed E-state index contributed by atoms with van der Waals surface area (Å²) in [6.45, 7) is 0. The minimum absolute atomic E-state index is 0.191. The monoisotopic (exact) mass is 291 g/mol. The topological polar surface area (TPSA) is 49.9 Å². The zero-order valence-corrected chi connectivity index (χ0v) is 11.4. The second-order valence-corrected chi connectivity index (χ2v) is 6.53. The van der Waals surface area contributed by atoms with Crippen LogP contribution in [-0.4, -0.2) is 13.4 Å². The maximum Gasteiger partial charge on any atom is 0.221 e. The Kier molecular flexibility index (Phi) is 2.84. The number of rotatable bonds is 2. The maximum atomic E-state index is 12.4. The van der Waals surface area contributed by atoms with Gasteiger partial charge in [-0.25, -0.2) is 8.42 Å². The van der Waals surface area contributed by atoms with E-state index in [0.717, 1.165) is 10.9 Å². The highest BCUT2D eigenvalue weighted by Gasteiger charge is 2.19. The predicted molar refractivity (Wildman–Crippen MR) is 75.2 cm³/mol. The molecule has 1 N–H and O–H groups in total. The lowest BCUT2D eigenvalue weighted by Gasteiger charge is -2.01. The molecule has 3 nitrogen and oxygen atoms in total. The van der Waals surface area contributed by atoms with Crippen LogP contribution in [0.5, 0.6) is 0 Å². The molecule has 19 heavy (non-hydrogen) atoms. The molecular weight excluding hydrogens is 282 g/mol. The molecule has 0 bridgehead atoms.